The second kappa shape index (κ2) is 9.17. The number of thioether (sulfide) groups is 1. The summed E-state index contributed by atoms with van der Waals surface area (Å²) in [6, 6.07) is 6.10. The molecule has 2 aromatic rings. The van der Waals surface area contributed by atoms with Crippen molar-refractivity contribution in [2.24, 2.45) is 0 Å². The van der Waals surface area contributed by atoms with E-state index in [0.717, 1.165) is 12.1 Å². The van der Waals surface area contributed by atoms with Crippen LogP contribution in [0.3, 0.4) is 0 Å². The molecule has 0 aliphatic heterocycles. The third-order valence-corrected chi connectivity index (χ3v) is 5.99. The van der Waals surface area contributed by atoms with E-state index in [0.29, 0.717) is 11.7 Å². The van der Waals surface area contributed by atoms with Crippen LogP contribution in [0.15, 0.2) is 35.0 Å². The summed E-state index contributed by atoms with van der Waals surface area (Å²) < 4.78 is 1.69. The lowest BCUT2D eigenvalue weighted by Gasteiger charge is -2.15. The van der Waals surface area contributed by atoms with Crippen molar-refractivity contribution in [3.8, 4) is 5.69 Å². The van der Waals surface area contributed by atoms with Gasteiger partial charge in [0.2, 0.25) is 11.1 Å². The van der Waals surface area contributed by atoms with Gasteiger partial charge in [-0.05, 0) is 86.6 Å². The van der Waals surface area contributed by atoms with E-state index in [2.05, 4.69) is 52.9 Å². The Kier molecular flexibility index (Phi) is 6.66. The number of nitrogens with zero attached hydrogens (tertiary/aromatic N) is 4. The van der Waals surface area contributed by atoms with Gasteiger partial charge in [0.15, 0.2) is 0 Å². The summed E-state index contributed by atoms with van der Waals surface area (Å²) in [6.45, 7) is 6.72. The number of hydrogen-bond acceptors (Lipinski definition) is 5. The van der Waals surface area contributed by atoms with Crippen LogP contribution in [0.5, 0.6) is 0 Å². The average molecular weight is 386 g/mol. The van der Waals surface area contributed by atoms with Gasteiger partial charge in [-0.2, -0.15) is 4.68 Å². The van der Waals surface area contributed by atoms with E-state index < -0.39 is 0 Å². The zero-order chi connectivity index (χ0) is 19.2. The fourth-order valence-corrected chi connectivity index (χ4v) is 3.94. The van der Waals surface area contributed by atoms with Gasteiger partial charge >= 0.3 is 0 Å². The highest BCUT2D eigenvalue weighted by molar-refractivity contribution is 8.00. The van der Waals surface area contributed by atoms with Crippen molar-refractivity contribution in [3.63, 3.8) is 0 Å². The van der Waals surface area contributed by atoms with Crippen LogP contribution in [0, 0.1) is 13.8 Å². The average Bonchev–Trinajstić information content (AvgIpc) is 3.13. The molecule has 1 aromatic carbocycles. The molecule has 0 spiro atoms. The highest BCUT2D eigenvalue weighted by Crippen LogP contribution is 2.24. The topological polar surface area (TPSA) is 72.7 Å². The Balaban J connectivity index is 1.57. The summed E-state index contributed by atoms with van der Waals surface area (Å²) in [5.74, 6) is 0.0195. The second-order valence-electron chi connectivity index (χ2n) is 7.05. The Hall–Kier alpha value is -2.15. The van der Waals surface area contributed by atoms with Crippen LogP contribution >= 0.6 is 11.8 Å². The molecule has 144 valence electrons. The number of carbonyl (C=O) groups excluding carboxylic acids is 1. The number of carbonyl (C=O) groups is 1. The van der Waals surface area contributed by atoms with Gasteiger partial charge in [-0.25, -0.2) is 0 Å². The Morgan fingerprint density at radius 2 is 2.15 bits per heavy atom. The molecule has 1 atom stereocenters. The Morgan fingerprint density at radius 3 is 2.89 bits per heavy atom. The molecule has 7 heteroatoms. The molecule has 0 unspecified atom stereocenters. The normalized spacial score (nSPS) is 15.3. The van der Waals surface area contributed by atoms with Crippen molar-refractivity contribution in [2.45, 2.75) is 63.3 Å². The standard InChI is InChI=1S/C20H27N5OS/c1-14-9-10-18(13-15(14)2)25-20(22-23-24-25)27-16(3)19(26)21-12-11-17-7-5-4-6-8-17/h7,9-10,13,16H,4-6,8,11-12H2,1-3H3,(H,21,26)/t16-/m1/s1. The third-order valence-electron chi connectivity index (χ3n) is 4.96. The second-order valence-corrected chi connectivity index (χ2v) is 8.36. The van der Waals surface area contributed by atoms with Crippen molar-refractivity contribution in [3.05, 3.63) is 41.0 Å². The lowest BCUT2D eigenvalue weighted by atomic mass is 9.97. The molecule has 0 bridgehead atoms. The van der Waals surface area contributed by atoms with Gasteiger partial charge in [0.25, 0.3) is 0 Å². The Bertz CT molecular complexity index is 830. The maximum absolute atomic E-state index is 12.4. The van der Waals surface area contributed by atoms with E-state index in [1.54, 1.807) is 4.68 Å². The number of nitrogens with one attached hydrogen (secondary N) is 1. The monoisotopic (exact) mass is 385 g/mol. The van der Waals surface area contributed by atoms with Crippen LogP contribution in [0.2, 0.25) is 0 Å². The van der Waals surface area contributed by atoms with Crippen LogP contribution in [0.4, 0.5) is 0 Å². The molecule has 1 aromatic heterocycles. The van der Waals surface area contributed by atoms with Crippen molar-refractivity contribution < 1.29 is 4.79 Å². The van der Waals surface area contributed by atoms with Gasteiger partial charge in [0.05, 0.1) is 10.9 Å². The van der Waals surface area contributed by atoms with E-state index in [9.17, 15) is 4.79 Å². The molecule has 3 rings (SSSR count). The summed E-state index contributed by atoms with van der Waals surface area (Å²) in [6.07, 6.45) is 8.18. The van der Waals surface area contributed by atoms with Crippen molar-refractivity contribution in [1.29, 1.82) is 0 Å². The predicted octanol–water partition coefficient (Wildman–Crippen LogP) is 3.77. The quantitative estimate of drug-likeness (QED) is 0.580. The SMILES string of the molecule is Cc1ccc(-n2nnnc2S[C@H](C)C(=O)NCCC2=CCCCC2)cc1C. The number of aromatic nitrogens is 4. The summed E-state index contributed by atoms with van der Waals surface area (Å²) in [4.78, 5) is 12.4. The predicted molar refractivity (Wildman–Crippen MR) is 108 cm³/mol. The van der Waals surface area contributed by atoms with Crippen LogP contribution in [-0.2, 0) is 4.79 Å². The van der Waals surface area contributed by atoms with Crippen LogP contribution in [0.1, 0.15) is 50.2 Å². The van der Waals surface area contributed by atoms with Gasteiger partial charge in [0.1, 0.15) is 0 Å². The first-order valence-corrected chi connectivity index (χ1v) is 10.4. The first kappa shape index (κ1) is 19.6. The minimum Gasteiger partial charge on any atom is -0.355 e. The molecule has 6 nitrogen and oxygen atoms in total. The number of amides is 1. The molecular weight excluding hydrogens is 358 g/mol. The highest BCUT2D eigenvalue weighted by Gasteiger charge is 2.19. The van der Waals surface area contributed by atoms with Crippen LogP contribution in [-0.4, -0.2) is 37.9 Å². The summed E-state index contributed by atoms with van der Waals surface area (Å²) in [5, 5.41) is 15.4. The Morgan fingerprint density at radius 1 is 1.30 bits per heavy atom. The molecule has 0 saturated heterocycles. The minimum atomic E-state index is -0.262. The van der Waals surface area contributed by atoms with E-state index >= 15 is 0 Å². The number of rotatable bonds is 7. The molecular formula is C20H27N5OS. The highest BCUT2D eigenvalue weighted by atomic mass is 32.2. The number of tetrazole rings is 1. The first-order valence-electron chi connectivity index (χ1n) is 9.53. The number of allylic oxidation sites excluding steroid dienone is 1. The molecule has 0 saturated carbocycles. The van der Waals surface area contributed by atoms with Gasteiger partial charge in [-0.3, -0.25) is 4.79 Å². The molecule has 1 aliphatic rings. The van der Waals surface area contributed by atoms with Gasteiger partial charge < -0.3 is 5.32 Å². The minimum absolute atomic E-state index is 0.0195. The Labute approximate surface area is 164 Å². The molecule has 0 fully saturated rings. The molecule has 1 amide bonds. The van der Waals surface area contributed by atoms with Crippen LogP contribution in [0.25, 0.3) is 5.69 Å². The van der Waals surface area contributed by atoms with Gasteiger partial charge in [0, 0.05) is 6.54 Å². The van der Waals surface area contributed by atoms with Crippen molar-refractivity contribution in [1.82, 2.24) is 25.5 Å². The molecule has 1 aliphatic carbocycles. The fourth-order valence-electron chi connectivity index (χ4n) is 3.11. The molecule has 27 heavy (non-hydrogen) atoms. The van der Waals surface area contributed by atoms with Gasteiger partial charge in [-0.15, -0.1) is 5.10 Å². The van der Waals surface area contributed by atoms with Crippen molar-refractivity contribution >= 4 is 17.7 Å². The van der Waals surface area contributed by atoms with E-state index in [1.807, 2.05) is 13.0 Å². The number of benzene rings is 1. The largest absolute Gasteiger partial charge is 0.355 e. The summed E-state index contributed by atoms with van der Waals surface area (Å²) in [5.41, 5.74) is 4.78. The molecule has 1 heterocycles. The lowest BCUT2D eigenvalue weighted by Crippen LogP contribution is -2.32. The van der Waals surface area contributed by atoms with Gasteiger partial charge in [-0.1, -0.05) is 29.5 Å². The summed E-state index contributed by atoms with van der Waals surface area (Å²) >= 11 is 1.38. The van der Waals surface area contributed by atoms with Crippen LogP contribution < -0.4 is 5.32 Å². The maximum atomic E-state index is 12.4. The fraction of sp³-hybridized carbons (Fsp3) is 0.500. The van der Waals surface area contributed by atoms with Crippen molar-refractivity contribution in [2.75, 3.05) is 6.54 Å². The van der Waals surface area contributed by atoms with E-state index in [4.69, 9.17) is 0 Å². The lowest BCUT2D eigenvalue weighted by molar-refractivity contribution is -0.120. The zero-order valence-corrected chi connectivity index (χ0v) is 17.1. The van der Waals surface area contributed by atoms with E-state index in [1.165, 1.54) is 54.1 Å². The molecule has 1 N–H and O–H groups in total. The molecule has 0 radical (unpaired) electrons. The maximum Gasteiger partial charge on any atom is 0.233 e. The zero-order valence-electron chi connectivity index (χ0n) is 16.2. The number of hydrogen-bond donors (Lipinski definition) is 1. The smallest absolute Gasteiger partial charge is 0.233 e. The summed E-state index contributed by atoms with van der Waals surface area (Å²) in [7, 11) is 0. The first-order chi connectivity index (χ1) is 13.0. The third kappa shape index (κ3) is 5.19. The van der Waals surface area contributed by atoms with E-state index in [-0.39, 0.29) is 11.2 Å². The number of aryl methyl sites for hydroxylation is 2.